The molecule has 1 nitrogen and oxygen atoms in total. The molecule has 0 N–H and O–H groups in total. The summed E-state index contributed by atoms with van der Waals surface area (Å²) in [6.07, 6.45) is 0.719. The van der Waals surface area contributed by atoms with Crippen molar-refractivity contribution in [3.8, 4) is 11.8 Å². The Labute approximate surface area is 115 Å². The van der Waals surface area contributed by atoms with Crippen molar-refractivity contribution < 1.29 is 4.79 Å². The number of aldehydes is 1. The van der Waals surface area contributed by atoms with E-state index in [4.69, 9.17) is 23.2 Å². The van der Waals surface area contributed by atoms with Gasteiger partial charge in [0, 0.05) is 16.7 Å². The predicted octanol–water partition coefficient (Wildman–Crippen LogP) is 4.21. The Kier molecular flexibility index (Phi) is 4.04. The molecule has 0 saturated carbocycles. The molecule has 2 aromatic carbocycles. The molecule has 0 saturated heterocycles. The number of benzene rings is 2. The van der Waals surface area contributed by atoms with Gasteiger partial charge in [0.15, 0.2) is 6.29 Å². The third-order valence-electron chi connectivity index (χ3n) is 2.33. The summed E-state index contributed by atoms with van der Waals surface area (Å²) >= 11 is 11.8. The Morgan fingerprint density at radius 3 is 2.28 bits per heavy atom. The summed E-state index contributed by atoms with van der Waals surface area (Å²) in [5.74, 6) is 5.90. The van der Waals surface area contributed by atoms with Crippen molar-refractivity contribution in [1.29, 1.82) is 0 Å². The number of hydrogen-bond acceptors (Lipinski definition) is 1. The van der Waals surface area contributed by atoms with Crippen LogP contribution in [0.25, 0.3) is 0 Å². The van der Waals surface area contributed by atoms with E-state index in [2.05, 4.69) is 11.8 Å². The molecular formula is C15H8Cl2O. The molecule has 2 rings (SSSR count). The quantitative estimate of drug-likeness (QED) is 0.563. The summed E-state index contributed by atoms with van der Waals surface area (Å²) < 4.78 is 0. The topological polar surface area (TPSA) is 17.1 Å². The fourth-order valence-electron chi connectivity index (χ4n) is 1.43. The van der Waals surface area contributed by atoms with Crippen molar-refractivity contribution in [2.45, 2.75) is 0 Å². The highest BCUT2D eigenvalue weighted by molar-refractivity contribution is 6.42. The first-order valence-corrected chi connectivity index (χ1v) is 5.97. The minimum Gasteiger partial charge on any atom is -0.298 e. The molecule has 0 aliphatic heterocycles. The average molecular weight is 275 g/mol. The number of rotatable bonds is 1. The van der Waals surface area contributed by atoms with E-state index >= 15 is 0 Å². The van der Waals surface area contributed by atoms with Crippen LogP contribution in [0.1, 0.15) is 21.5 Å². The standard InChI is InChI=1S/C15H8Cl2O/c16-14-8-12(13(10-18)9-15(14)17)7-6-11-4-2-1-3-5-11/h1-5,8-10H. The van der Waals surface area contributed by atoms with Gasteiger partial charge in [0.05, 0.1) is 10.0 Å². The van der Waals surface area contributed by atoms with Crippen LogP contribution < -0.4 is 0 Å². The van der Waals surface area contributed by atoms with Gasteiger partial charge < -0.3 is 0 Å². The maximum Gasteiger partial charge on any atom is 0.151 e. The van der Waals surface area contributed by atoms with Crippen molar-refractivity contribution in [2.24, 2.45) is 0 Å². The molecule has 0 bridgehead atoms. The lowest BCUT2D eigenvalue weighted by atomic mass is 10.1. The van der Waals surface area contributed by atoms with Crippen molar-refractivity contribution in [2.75, 3.05) is 0 Å². The molecule has 0 fully saturated rings. The molecule has 0 amide bonds. The Hall–Kier alpha value is -1.75. The van der Waals surface area contributed by atoms with Gasteiger partial charge in [0.1, 0.15) is 0 Å². The maximum absolute atomic E-state index is 10.9. The summed E-state index contributed by atoms with van der Waals surface area (Å²) in [7, 11) is 0. The fourth-order valence-corrected chi connectivity index (χ4v) is 1.76. The minimum absolute atomic E-state index is 0.351. The van der Waals surface area contributed by atoms with E-state index in [1.54, 1.807) is 6.07 Å². The fraction of sp³-hybridized carbons (Fsp3) is 0. The summed E-state index contributed by atoms with van der Waals surface area (Å²) in [6, 6.07) is 12.6. The molecule has 0 atom stereocenters. The highest BCUT2D eigenvalue weighted by Crippen LogP contribution is 2.24. The first-order chi connectivity index (χ1) is 8.70. The maximum atomic E-state index is 10.9. The zero-order valence-electron chi connectivity index (χ0n) is 9.28. The Morgan fingerprint density at radius 2 is 1.61 bits per heavy atom. The van der Waals surface area contributed by atoms with Crippen LogP contribution in [0.4, 0.5) is 0 Å². The normalized spacial score (nSPS) is 9.44. The van der Waals surface area contributed by atoms with Gasteiger partial charge in [0.25, 0.3) is 0 Å². The minimum atomic E-state index is 0.351. The third kappa shape index (κ3) is 2.92. The van der Waals surface area contributed by atoms with Crippen LogP contribution in [0.5, 0.6) is 0 Å². The van der Waals surface area contributed by atoms with Gasteiger partial charge in [-0.3, -0.25) is 4.79 Å². The molecule has 0 aromatic heterocycles. The first-order valence-electron chi connectivity index (χ1n) is 5.22. The van der Waals surface area contributed by atoms with Crippen molar-refractivity contribution in [1.82, 2.24) is 0 Å². The predicted molar refractivity (Wildman–Crippen MR) is 74.3 cm³/mol. The second-order valence-corrected chi connectivity index (χ2v) is 4.40. The zero-order chi connectivity index (χ0) is 13.0. The lowest BCUT2D eigenvalue weighted by Crippen LogP contribution is -1.88. The van der Waals surface area contributed by atoms with E-state index in [1.165, 1.54) is 6.07 Å². The SMILES string of the molecule is O=Cc1cc(Cl)c(Cl)cc1C#Cc1ccccc1. The van der Waals surface area contributed by atoms with E-state index in [0.29, 0.717) is 21.2 Å². The molecular weight excluding hydrogens is 267 g/mol. The summed E-state index contributed by atoms with van der Waals surface area (Å²) in [5, 5.41) is 0.739. The van der Waals surface area contributed by atoms with Gasteiger partial charge in [-0.2, -0.15) is 0 Å². The highest BCUT2D eigenvalue weighted by atomic mass is 35.5. The van der Waals surface area contributed by atoms with Gasteiger partial charge in [-0.15, -0.1) is 0 Å². The Morgan fingerprint density at radius 1 is 0.944 bits per heavy atom. The van der Waals surface area contributed by atoms with Crippen molar-refractivity contribution in [3.63, 3.8) is 0 Å². The van der Waals surface area contributed by atoms with Gasteiger partial charge in [-0.05, 0) is 24.3 Å². The Bertz CT molecular complexity index is 637. The average Bonchev–Trinajstić information content (AvgIpc) is 2.41. The molecule has 0 unspecified atom stereocenters. The first kappa shape index (κ1) is 12.7. The third-order valence-corrected chi connectivity index (χ3v) is 3.06. The van der Waals surface area contributed by atoms with Crippen LogP contribution in [0.2, 0.25) is 10.0 Å². The van der Waals surface area contributed by atoms with Crippen molar-refractivity contribution in [3.05, 3.63) is 69.2 Å². The van der Waals surface area contributed by atoms with Gasteiger partial charge in [0.2, 0.25) is 0 Å². The highest BCUT2D eigenvalue weighted by Gasteiger charge is 2.04. The summed E-state index contributed by atoms with van der Waals surface area (Å²) in [6.45, 7) is 0. The molecule has 0 radical (unpaired) electrons. The number of hydrogen-bond donors (Lipinski definition) is 0. The van der Waals surface area contributed by atoms with E-state index in [9.17, 15) is 4.79 Å². The lowest BCUT2D eigenvalue weighted by molar-refractivity contribution is 0.112. The smallest absolute Gasteiger partial charge is 0.151 e. The molecule has 0 heterocycles. The van der Waals surface area contributed by atoms with Crippen LogP contribution in [0, 0.1) is 11.8 Å². The van der Waals surface area contributed by atoms with E-state index in [0.717, 1.165) is 11.8 Å². The van der Waals surface area contributed by atoms with E-state index in [-0.39, 0.29) is 0 Å². The van der Waals surface area contributed by atoms with Crippen LogP contribution in [0.15, 0.2) is 42.5 Å². The molecule has 2 aromatic rings. The van der Waals surface area contributed by atoms with Gasteiger partial charge in [-0.1, -0.05) is 53.2 Å². The zero-order valence-corrected chi connectivity index (χ0v) is 10.8. The monoisotopic (exact) mass is 274 g/mol. The van der Waals surface area contributed by atoms with Crippen molar-refractivity contribution >= 4 is 29.5 Å². The van der Waals surface area contributed by atoms with Gasteiger partial charge in [-0.25, -0.2) is 0 Å². The van der Waals surface area contributed by atoms with Gasteiger partial charge >= 0.3 is 0 Å². The molecule has 3 heteroatoms. The van der Waals surface area contributed by atoms with Crippen LogP contribution >= 0.6 is 23.2 Å². The molecule has 0 aliphatic carbocycles. The molecule has 0 spiro atoms. The number of halogens is 2. The van der Waals surface area contributed by atoms with E-state index < -0.39 is 0 Å². The number of carbonyl (C=O) groups excluding carboxylic acids is 1. The van der Waals surface area contributed by atoms with Crippen LogP contribution in [-0.2, 0) is 0 Å². The largest absolute Gasteiger partial charge is 0.298 e. The number of carbonyl (C=O) groups is 1. The second kappa shape index (κ2) is 5.73. The van der Waals surface area contributed by atoms with E-state index in [1.807, 2.05) is 30.3 Å². The molecule has 88 valence electrons. The summed E-state index contributed by atoms with van der Waals surface area (Å²) in [4.78, 5) is 10.9. The lowest BCUT2D eigenvalue weighted by Gasteiger charge is -2.00. The molecule has 0 aliphatic rings. The molecule has 18 heavy (non-hydrogen) atoms. The second-order valence-electron chi connectivity index (χ2n) is 3.59. The van der Waals surface area contributed by atoms with Crippen LogP contribution in [0.3, 0.4) is 0 Å². The Balaban J connectivity index is 2.44. The summed E-state index contributed by atoms with van der Waals surface area (Å²) in [5.41, 5.74) is 1.89. The van der Waals surface area contributed by atoms with Crippen LogP contribution in [-0.4, -0.2) is 6.29 Å².